The van der Waals surface area contributed by atoms with Gasteiger partial charge in [-0.15, -0.1) is 46.4 Å². The molecule has 5 nitrogen and oxygen atoms in total. The summed E-state index contributed by atoms with van der Waals surface area (Å²) in [6, 6.07) is 41.4. The van der Waals surface area contributed by atoms with Crippen LogP contribution in [0.4, 0.5) is 22.7 Å². The molecule has 6 aromatic carbocycles. The van der Waals surface area contributed by atoms with Crippen molar-refractivity contribution in [2.45, 2.75) is 193 Å². The largest absolute Gasteiger partial charge is 3.00 e. The minimum Gasteiger partial charge on any atom is -0.873 e. The molecule has 0 aliphatic carbocycles. The van der Waals surface area contributed by atoms with Gasteiger partial charge in [0.25, 0.3) is 0 Å². The Morgan fingerprint density at radius 2 is 0.813 bits per heavy atom. The van der Waals surface area contributed by atoms with Crippen LogP contribution in [0, 0.1) is 19.8 Å². The number of hydrogen-bond acceptors (Lipinski definition) is 3. The van der Waals surface area contributed by atoms with Crippen LogP contribution in [0.3, 0.4) is 0 Å². The molecule has 6 rings (SSSR count). The normalized spacial score (nSPS) is 11.1. The molecule has 7 heteroatoms. The second kappa shape index (κ2) is 32.4. The Morgan fingerprint density at radius 1 is 0.480 bits per heavy atom. The molecule has 0 aliphatic heterocycles. The van der Waals surface area contributed by atoms with Gasteiger partial charge in [0.2, 0.25) is 0 Å². The monoisotopic (exact) mass is 1190 g/mol. The third-order valence-corrected chi connectivity index (χ3v) is 12.5. The van der Waals surface area contributed by atoms with E-state index < -0.39 is 0 Å². The summed E-state index contributed by atoms with van der Waals surface area (Å²) in [5.74, 6) is 2.11. The summed E-state index contributed by atoms with van der Waals surface area (Å²) in [4.78, 5) is 0. The third-order valence-electron chi connectivity index (χ3n) is 12.5. The van der Waals surface area contributed by atoms with Crippen LogP contribution in [-0.4, -0.2) is 13.2 Å². The summed E-state index contributed by atoms with van der Waals surface area (Å²) in [5.41, 5.74) is 14.2. The van der Waals surface area contributed by atoms with Gasteiger partial charge in [-0.3, -0.25) is 0 Å². The fourth-order valence-electron chi connectivity index (χ4n) is 7.51. The van der Waals surface area contributed by atoms with Crippen molar-refractivity contribution in [3.05, 3.63) is 194 Å². The van der Waals surface area contributed by atoms with Gasteiger partial charge in [-0.1, -0.05) is 255 Å². The zero-order valence-electron chi connectivity index (χ0n) is 50.3. The van der Waals surface area contributed by atoms with E-state index in [2.05, 4.69) is 211 Å². The Kier molecular flexibility index (Phi) is 30.5. The summed E-state index contributed by atoms with van der Waals surface area (Å²) < 4.78 is 4.83. The molecule has 6 aromatic rings. The van der Waals surface area contributed by atoms with Crippen LogP contribution in [0.2, 0.25) is 0 Å². The molecule has 0 N–H and O–H groups in total. The molecule has 0 heterocycles. The predicted octanol–water partition coefficient (Wildman–Crippen LogP) is 19.6. The molecule has 0 unspecified atom stereocenters. The van der Waals surface area contributed by atoms with Crippen molar-refractivity contribution in [3.8, 4) is 11.5 Å². The molecule has 0 bridgehead atoms. The van der Waals surface area contributed by atoms with Crippen molar-refractivity contribution in [2.75, 3.05) is 13.2 Å². The maximum atomic E-state index is 13.0. The van der Waals surface area contributed by atoms with Crippen LogP contribution in [0.15, 0.2) is 121 Å². The number of ether oxygens (including phenoxy) is 1. The first kappa shape index (κ1) is 70.6. The Balaban J connectivity index is 0.000000995. The van der Waals surface area contributed by atoms with Crippen molar-refractivity contribution < 1.29 is 53.9 Å². The molecule has 1 radical (unpaired) electrons. The molecule has 411 valence electrons. The molecule has 0 fully saturated rings. The van der Waals surface area contributed by atoms with Crippen LogP contribution in [0.25, 0.3) is 10.6 Å². The molecule has 0 spiro atoms. The van der Waals surface area contributed by atoms with Gasteiger partial charge in [-0.2, -0.15) is 23.6 Å². The first-order chi connectivity index (χ1) is 33.9. The number of hydrogen-bond donors (Lipinski definition) is 0. The molecule has 0 atom stereocenters. The summed E-state index contributed by atoms with van der Waals surface area (Å²) in [7, 11) is 0. The summed E-state index contributed by atoms with van der Waals surface area (Å²) >= 11 is 0. The first-order valence-electron chi connectivity index (χ1n) is 26.7. The molecule has 75 heavy (non-hydrogen) atoms. The first-order valence-corrected chi connectivity index (χ1v) is 26.7. The van der Waals surface area contributed by atoms with E-state index in [1.807, 2.05) is 62.4 Å². The van der Waals surface area contributed by atoms with Gasteiger partial charge < -0.3 is 25.6 Å². The van der Waals surface area contributed by atoms with Crippen LogP contribution in [0.5, 0.6) is 11.5 Å². The molecule has 0 aromatic heterocycles. The van der Waals surface area contributed by atoms with Crippen LogP contribution >= 0.6 is 0 Å². The SMILES string of the molecule is CCOCC.CCc1ccccc1[N-]c1cc(C(C)(C)C)cc(C(C)(C)C)c1[O-].CCc1ccccc1[N-]c1cc(C(C)(C)C)cc(C(C)(C)C)c1[O-].Cc1ccc(C(C)C)cc1.Cc1ccc([C-](C)C)cc1.[Ru+2].[Ru+3]. The Labute approximate surface area is 484 Å². The second-order valence-corrected chi connectivity index (χ2v) is 23.6. The van der Waals surface area contributed by atoms with Crippen molar-refractivity contribution in [3.63, 3.8) is 0 Å². The molecule has 0 saturated heterocycles. The molecule has 0 amide bonds. The van der Waals surface area contributed by atoms with Gasteiger partial charge >= 0.3 is 39.0 Å². The Morgan fingerprint density at radius 3 is 1.08 bits per heavy atom. The van der Waals surface area contributed by atoms with Gasteiger partial charge in [0.15, 0.2) is 0 Å². The number of nitrogens with zero attached hydrogens (tertiary/aromatic N) is 2. The van der Waals surface area contributed by atoms with Crippen molar-refractivity contribution >= 4 is 22.7 Å². The summed E-state index contributed by atoms with van der Waals surface area (Å²) in [6.45, 7) is 48.3. The minimum absolute atomic E-state index is 0. The molecular weight excluding hydrogens is 1090 g/mol. The summed E-state index contributed by atoms with van der Waals surface area (Å²) in [5, 5.41) is 35.5. The fourth-order valence-corrected chi connectivity index (χ4v) is 7.51. The standard InChI is InChI=1S/2C22H30NO.C10H14.C10H13.C4H10O.2Ru/c2*1-8-15-11-9-10-12-18(15)23-19-14-16(21(2,3)4)13-17(20(19)24)22(5,6)7;2*1-8(2)10-6-4-9(3)5-7-10;1-3-5-4-2;;/h2*9-14,24H,8H2,1-7H3;4-8H,1-3H3;4-7H,1-3H3;3-4H2,1-2H3;;/q2*-1;;-1;;+2;+3/p-2. The predicted molar refractivity (Wildman–Crippen MR) is 316 cm³/mol. The molecule has 0 saturated carbocycles. The van der Waals surface area contributed by atoms with E-state index in [1.54, 1.807) is 0 Å². The average Bonchev–Trinajstić information content (AvgIpc) is 3.30. The van der Waals surface area contributed by atoms with Crippen molar-refractivity contribution in [1.29, 1.82) is 0 Å². The van der Waals surface area contributed by atoms with Crippen molar-refractivity contribution in [2.24, 2.45) is 0 Å². The molecular formula is C68H95N2O3Ru2. The topological polar surface area (TPSA) is 83.5 Å². The van der Waals surface area contributed by atoms with Gasteiger partial charge in [0, 0.05) is 13.2 Å². The summed E-state index contributed by atoms with van der Waals surface area (Å²) in [6.07, 6.45) is 1.80. The van der Waals surface area contributed by atoms with Crippen LogP contribution in [0.1, 0.15) is 200 Å². The smallest absolute Gasteiger partial charge is 0.873 e. The number of para-hydroxylation sites is 2. The van der Waals surface area contributed by atoms with E-state index in [-0.39, 0.29) is 72.1 Å². The third kappa shape index (κ3) is 23.8. The zero-order valence-corrected chi connectivity index (χ0v) is 53.8. The van der Waals surface area contributed by atoms with Gasteiger partial charge in [0.1, 0.15) is 0 Å². The quantitative estimate of drug-likeness (QED) is 0.101. The Hall–Kier alpha value is -4.40. The van der Waals surface area contributed by atoms with Crippen LogP contribution in [-0.2, 0) is 78.2 Å². The van der Waals surface area contributed by atoms with Crippen molar-refractivity contribution in [1.82, 2.24) is 0 Å². The van der Waals surface area contributed by atoms with Gasteiger partial charge in [-0.25, -0.2) is 0 Å². The fraction of sp³-hybridized carbons (Fsp3) is 0.456. The van der Waals surface area contributed by atoms with E-state index in [9.17, 15) is 10.2 Å². The Bertz CT molecular complexity index is 2370. The van der Waals surface area contributed by atoms with E-state index in [0.717, 1.165) is 70.8 Å². The minimum atomic E-state index is -0.202. The maximum absolute atomic E-state index is 13.0. The molecule has 0 aliphatic rings. The number of rotatable bonds is 10. The van der Waals surface area contributed by atoms with E-state index in [4.69, 9.17) is 15.4 Å². The van der Waals surface area contributed by atoms with E-state index in [0.29, 0.717) is 17.3 Å². The number of benzene rings is 6. The van der Waals surface area contributed by atoms with Gasteiger partial charge in [-0.05, 0) is 84.8 Å². The zero-order chi connectivity index (χ0) is 55.5. The van der Waals surface area contributed by atoms with Gasteiger partial charge in [0.05, 0.1) is 0 Å². The van der Waals surface area contributed by atoms with E-state index >= 15 is 0 Å². The van der Waals surface area contributed by atoms with Crippen LogP contribution < -0.4 is 10.2 Å². The second-order valence-electron chi connectivity index (χ2n) is 23.6. The number of aryl methyl sites for hydroxylation is 4. The average molecular weight is 1190 g/mol. The maximum Gasteiger partial charge on any atom is 3.00 e. The van der Waals surface area contributed by atoms with E-state index in [1.165, 1.54) is 28.2 Å².